The second-order valence-corrected chi connectivity index (χ2v) is 9.16. The third-order valence-electron chi connectivity index (χ3n) is 6.69. The van der Waals surface area contributed by atoms with Gasteiger partial charge in [0.15, 0.2) is 0 Å². The highest BCUT2D eigenvalue weighted by molar-refractivity contribution is 4.64. The average Bonchev–Trinajstić information content (AvgIpc) is 2.64. The second-order valence-electron chi connectivity index (χ2n) is 9.16. The van der Waals surface area contributed by atoms with Crippen LogP contribution in [0, 0.1) is 11.8 Å². The van der Waals surface area contributed by atoms with Crippen molar-refractivity contribution in [2.24, 2.45) is 11.8 Å². The Bertz CT molecular complexity index is 275. The minimum absolute atomic E-state index is 1.01. The van der Waals surface area contributed by atoms with Gasteiger partial charge in [-0.1, -0.05) is 122 Å². The van der Waals surface area contributed by atoms with Crippen LogP contribution in [0.25, 0.3) is 0 Å². The van der Waals surface area contributed by atoms with Crippen molar-refractivity contribution in [1.82, 2.24) is 5.32 Å². The molecule has 156 valence electrons. The zero-order chi connectivity index (χ0) is 18.7. The summed E-state index contributed by atoms with van der Waals surface area (Å²) in [6.45, 7) is 3.58. The summed E-state index contributed by atoms with van der Waals surface area (Å²) in [6, 6.07) is 0. The number of hydrogen-bond donors (Lipinski definition) is 1. The van der Waals surface area contributed by atoms with Crippen LogP contribution in [0.15, 0.2) is 0 Å². The molecule has 1 N–H and O–H groups in total. The number of hydrogen-bond acceptors (Lipinski definition) is 1. The van der Waals surface area contributed by atoms with Crippen LogP contribution in [0.1, 0.15) is 135 Å². The van der Waals surface area contributed by atoms with Crippen molar-refractivity contribution in [2.75, 3.05) is 13.6 Å². The molecule has 0 radical (unpaired) electrons. The van der Waals surface area contributed by atoms with E-state index in [4.69, 9.17) is 0 Å². The highest BCUT2D eigenvalue weighted by Gasteiger charge is 2.11. The van der Waals surface area contributed by atoms with Crippen LogP contribution < -0.4 is 5.32 Å². The first kappa shape index (κ1) is 24.0. The van der Waals surface area contributed by atoms with Gasteiger partial charge in [-0.25, -0.2) is 0 Å². The Morgan fingerprint density at radius 2 is 0.962 bits per heavy atom. The topological polar surface area (TPSA) is 12.0 Å². The van der Waals surface area contributed by atoms with E-state index in [0.29, 0.717) is 0 Å². The summed E-state index contributed by atoms with van der Waals surface area (Å²) in [5, 5.41) is 3.33. The quantitative estimate of drug-likeness (QED) is 0.467. The molecule has 2 unspecified atom stereocenters. The normalized spacial score (nSPS) is 26.1. The molecule has 1 heteroatoms. The maximum atomic E-state index is 3.33. The number of rotatable bonds is 6. The molecule has 1 nitrogen and oxygen atoms in total. The van der Waals surface area contributed by atoms with Crippen LogP contribution in [0.3, 0.4) is 0 Å². The van der Waals surface area contributed by atoms with Crippen LogP contribution in [0.2, 0.25) is 0 Å². The monoisotopic (exact) mass is 365 g/mol. The lowest BCUT2D eigenvalue weighted by molar-refractivity contribution is 0.351. The van der Waals surface area contributed by atoms with E-state index < -0.39 is 0 Å². The highest BCUT2D eigenvalue weighted by Crippen LogP contribution is 2.26. The fourth-order valence-electron chi connectivity index (χ4n) is 4.99. The van der Waals surface area contributed by atoms with Gasteiger partial charge in [-0.3, -0.25) is 0 Å². The maximum absolute atomic E-state index is 3.33. The lowest BCUT2D eigenvalue weighted by Gasteiger charge is -2.19. The molecule has 0 saturated heterocycles. The molecule has 0 aromatic rings. The van der Waals surface area contributed by atoms with Crippen molar-refractivity contribution in [3.05, 3.63) is 0 Å². The van der Waals surface area contributed by atoms with Crippen molar-refractivity contribution < 1.29 is 0 Å². The molecule has 1 rings (SSSR count). The summed E-state index contributed by atoms with van der Waals surface area (Å²) in [4.78, 5) is 0. The van der Waals surface area contributed by atoms with E-state index >= 15 is 0 Å². The van der Waals surface area contributed by atoms with E-state index in [2.05, 4.69) is 19.3 Å². The highest BCUT2D eigenvalue weighted by atomic mass is 14.8. The van der Waals surface area contributed by atoms with Gasteiger partial charge in [0.1, 0.15) is 0 Å². The standard InChI is InChI=1S/C25H51N/c1-3-17-24-18-12-9-7-5-4-6-8-10-13-20-25(22-16-23-26-2)21-15-11-14-19-24/h24-26H,3-23H2,1-2H3. The molecule has 0 spiro atoms. The molecule has 1 fully saturated rings. The van der Waals surface area contributed by atoms with Gasteiger partial charge in [0.2, 0.25) is 0 Å². The fraction of sp³-hybridized carbons (Fsp3) is 1.00. The van der Waals surface area contributed by atoms with Crippen LogP contribution >= 0.6 is 0 Å². The van der Waals surface area contributed by atoms with Crippen molar-refractivity contribution in [2.45, 2.75) is 135 Å². The lowest BCUT2D eigenvalue weighted by atomic mass is 9.88. The Morgan fingerprint density at radius 1 is 0.577 bits per heavy atom. The van der Waals surface area contributed by atoms with Crippen LogP contribution in [0.5, 0.6) is 0 Å². The van der Waals surface area contributed by atoms with Gasteiger partial charge < -0.3 is 5.32 Å². The molecule has 0 amide bonds. The fourth-order valence-corrected chi connectivity index (χ4v) is 4.99. The van der Waals surface area contributed by atoms with E-state index in [1.54, 1.807) is 0 Å². The largest absolute Gasteiger partial charge is 0.320 e. The summed E-state index contributed by atoms with van der Waals surface area (Å²) in [7, 11) is 2.09. The molecule has 26 heavy (non-hydrogen) atoms. The molecule has 0 bridgehead atoms. The molecule has 0 aromatic heterocycles. The molecule has 1 saturated carbocycles. The molecular weight excluding hydrogens is 314 g/mol. The molecule has 2 atom stereocenters. The first-order valence-electron chi connectivity index (χ1n) is 12.5. The third-order valence-corrected chi connectivity index (χ3v) is 6.69. The predicted molar refractivity (Wildman–Crippen MR) is 119 cm³/mol. The zero-order valence-electron chi connectivity index (χ0n) is 18.5. The zero-order valence-corrected chi connectivity index (χ0v) is 18.5. The Hall–Kier alpha value is -0.0400. The smallest absolute Gasteiger partial charge is 0.00518 e. The van der Waals surface area contributed by atoms with E-state index in [-0.39, 0.29) is 0 Å². The molecule has 1 aliphatic rings. The summed E-state index contributed by atoms with van der Waals surface area (Å²) >= 11 is 0. The van der Waals surface area contributed by atoms with Gasteiger partial charge >= 0.3 is 0 Å². The van der Waals surface area contributed by atoms with Gasteiger partial charge in [0.25, 0.3) is 0 Å². The number of nitrogens with one attached hydrogen (secondary N) is 1. The van der Waals surface area contributed by atoms with Crippen LogP contribution in [-0.4, -0.2) is 13.6 Å². The second kappa shape index (κ2) is 18.3. The summed E-state index contributed by atoms with van der Waals surface area (Å²) in [5.41, 5.74) is 0. The van der Waals surface area contributed by atoms with Gasteiger partial charge in [-0.05, 0) is 38.3 Å². The van der Waals surface area contributed by atoms with Gasteiger partial charge in [0.05, 0.1) is 0 Å². The summed E-state index contributed by atoms with van der Waals surface area (Å²) < 4.78 is 0. The average molecular weight is 366 g/mol. The first-order chi connectivity index (χ1) is 12.9. The van der Waals surface area contributed by atoms with E-state index in [0.717, 1.165) is 11.8 Å². The van der Waals surface area contributed by atoms with Crippen molar-refractivity contribution in [3.8, 4) is 0 Å². The molecule has 0 heterocycles. The molecular formula is C25H51N. The molecule has 1 aliphatic carbocycles. The minimum atomic E-state index is 1.01. The summed E-state index contributed by atoms with van der Waals surface area (Å²) in [5.74, 6) is 2.04. The van der Waals surface area contributed by atoms with E-state index in [1.165, 1.54) is 135 Å². The Labute approximate surface area is 166 Å². The maximum Gasteiger partial charge on any atom is -0.00518 e. The van der Waals surface area contributed by atoms with Crippen molar-refractivity contribution in [1.29, 1.82) is 0 Å². The van der Waals surface area contributed by atoms with Gasteiger partial charge in [-0.15, -0.1) is 0 Å². The molecule has 0 aromatic carbocycles. The summed E-state index contributed by atoms with van der Waals surface area (Å²) in [6.07, 6.45) is 29.6. The Balaban J connectivity index is 2.35. The Morgan fingerprint density at radius 3 is 1.38 bits per heavy atom. The van der Waals surface area contributed by atoms with Gasteiger partial charge in [-0.2, -0.15) is 0 Å². The van der Waals surface area contributed by atoms with Crippen LogP contribution in [0.4, 0.5) is 0 Å². The first-order valence-corrected chi connectivity index (χ1v) is 12.5. The lowest BCUT2D eigenvalue weighted by Crippen LogP contribution is -2.10. The van der Waals surface area contributed by atoms with E-state index in [1.807, 2.05) is 0 Å². The van der Waals surface area contributed by atoms with Crippen LogP contribution in [-0.2, 0) is 0 Å². The third kappa shape index (κ3) is 14.1. The van der Waals surface area contributed by atoms with Gasteiger partial charge in [0, 0.05) is 0 Å². The SMILES string of the molecule is CCCC1CCCCCCCCCCCC(CCCNC)CCCCC1. The van der Waals surface area contributed by atoms with Crippen molar-refractivity contribution in [3.63, 3.8) is 0 Å². The van der Waals surface area contributed by atoms with E-state index in [9.17, 15) is 0 Å². The minimum Gasteiger partial charge on any atom is -0.320 e. The predicted octanol–water partition coefficient (Wildman–Crippen LogP) is 8.27. The van der Waals surface area contributed by atoms with Crippen molar-refractivity contribution >= 4 is 0 Å². The molecule has 0 aliphatic heterocycles. The Kier molecular flexibility index (Phi) is 16.9.